The van der Waals surface area contributed by atoms with Crippen LogP contribution in [0.15, 0.2) is 30.3 Å². The maximum absolute atomic E-state index is 6.04. The molecule has 2 aromatic rings. The number of unbranched alkanes of at least 4 members (excludes halogenated alkanes) is 1. The molecule has 0 saturated carbocycles. The molecule has 94 valence electrons. The maximum atomic E-state index is 6.04. The van der Waals surface area contributed by atoms with Gasteiger partial charge < -0.3 is 29.7 Å². The van der Waals surface area contributed by atoms with Crippen LogP contribution in [-0.4, -0.2) is 0 Å². The summed E-state index contributed by atoms with van der Waals surface area (Å²) in [5.41, 5.74) is 9.24. The summed E-state index contributed by atoms with van der Waals surface area (Å²) >= 11 is 0. The average molecular weight is 352 g/mol. The highest BCUT2D eigenvalue weighted by atomic mass is 127. The molecule has 0 aliphatic rings. The Balaban J connectivity index is 0.00000162. The standard InChI is InChI=1S/C15H16N2.HI/c1-3-4-7-10-17-12(2)11-14(16)13-8-5-6-9-15(13)17;/h1,5-6,8-9,11,16H,4,7,10H2,2H3;1H. The first-order valence-corrected chi connectivity index (χ1v) is 5.85. The van der Waals surface area contributed by atoms with E-state index in [1.165, 1.54) is 11.2 Å². The highest BCUT2D eigenvalue weighted by Gasteiger charge is 2.14. The molecule has 0 radical (unpaired) electrons. The molecule has 2 rings (SSSR count). The zero-order chi connectivity index (χ0) is 12.3. The molecule has 3 heteroatoms. The molecule has 0 saturated heterocycles. The number of nitrogens with zero attached hydrogens (tertiary/aromatic N) is 1. The quantitative estimate of drug-likeness (QED) is 0.341. The van der Waals surface area contributed by atoms with Crippen LogP contribution in [0.5, 0.6) is 0 Å². The highest BCUT2D eigenvalue weighted by Crippen LogP contribution is 2.18. The average Bonchev–Trinajstić information content (AvgIpc) is 2.33. The Bertz CT molecular complexity index is 585. The molecular weight excluding hydrogens is 335 g/mol. The minimum atomic E-state index is 0. The minimum Gasteiger partial charge on any atom is -1.00 e. The molecule has 0 aliphatic carbocycles. The zero-order valence-electron chi connectivity index (χ0n) is 10.5. The van der Waals surface area contributed by atoms with E-state index in [2.05, 4.69) is 29.5 Å². The Hall–Kier alpha value is -1.28. The third-order valence-corrected chi connectivity index (χ3v) is 3.00. The molecule has 0 atom stereocenters. The van der Waals surface area contributed by atoms with Gasteiger partial charge in [0, 0.05) is 31.9 Å². The van der Waals surface area contributed by atoms with Crippen molar-refractivity contribution < 1.29 is 28.5 Å². The first-order chi connectivity index (χ1) is 8.24. The number of anilines is 1. The van der Waals surface area contributed by atoms with Crippen molar-refractivity contribution in [1.82, 2.24) is 0 Å². The number of pyridine rings is 1. The van der Waals surface area contributed by atoms with Gasteiger partial charge in [0.1, 0.15) is 6.54 Å². The number of nitrogen functional groups attached to an aromatic ring is 1. The fourth-order valence-corrected chi connectivity index (χ4v) is 2.16. The molecule has 0 amide bonds. The molecule has 18 heavy (non-hydrogen) atoms. The molecule has 1 aromatic carbocycles. The van der Waals surface area contributed by atoms with Gasteiger partial charge in [0.15, 0.2) is 5.69 Å². The van der Waals surface area contributed by atoms with Crippen LogP contribution >= 0.6 is 0 Å². The first kappa shape index (κ1) is 14.8. The van der Waals surface area contributed by atoms with Crippen molar-refractivity contribution in [3.63, 3.8) is 0 Å². The van der Waals surface area contributed by atoms with Gasteiger partial charge in [0.25, 0.3) is 0 Å². The summed E-state index contributed by atoms with van der Waals surface area (Å²) in [5, 5.41) is 1.11. The van der Waals surface area contributed by atoms with Gasteiger partial charge >= 0.3 is 0 Å². The summed E-state index contributed by atoms with van der Waals surface area (Å²) in [4.78, 5) is 0. The van der Waals surface area contributed by atoms with E-state index >= 15 is 0 Å². The van der Waals surface area contributed by atoms with Crippen LogP contribution in [0.25, 0.3) is 10.9 Å². The smallest absolute Gasteiger partial charge is 0.214 e. The van der Waals surface area contributed by atoms with Crippen LogP contribution in [-0.2, 0) is 6.54 Å². The highest BCUT2D eigenvalue weighted by molar-refractivity contribution is 5.87. The number of terminal acetylenes is 1. The van der Waals surface area contributed by atoms with Gasteiger partial charge in [-0.2, -0.15) is 4.57 Å². The number of aromatic nitrogens is 1. The number of hydrogen-bond acceptors (Lipinski definition) is 1. The van der Waals surface area contributed by atoms with Crippen molar-refractivity contribution >= 4 is 16.6 Å². The molecule has 0 aliphatic heterocycles. The van der Waals surface area contributed by atoms with Gasteiger partial charge in [0.2, 0.25) is 5.52 Å². The van der Waals surface area contributed by atoms with Gasteiger partial charge in [-0.15, -0.1) is 12.3 Å². The van der Waals surface area contributed by atoms with Gasteiger partial charge in [-0.1, -0.05) is 12.1 Å². The van der Waals surface area contributed by atoms with Crippen LogP contribution in [0.3, 0.4) is 0 Å². The molecule has 2 nitrogen and oxygen atoms in total. The van der Waals surface area contributed by atoms with Crippen LogP contribution in [0, 0.1) is 19.3 Å². The molecule has 1 aromatic heterocycles. The number of hydrogen-bond donors (Lipinski definition) is 1. The first-order valence-electron chi connectivity index (χ1n) is 5.85. The third kappa shape index (κ3) is 2.94. The van der Waals surface area contributed by atoms with E-state index in [4.69, 9.17) is 12.2 Å². The summed E-state index contributed by atoms with van der Waals surface area (Å²) in [6.45, 7) is 3.02. The number of halogens is 1. The second kappa shape index (κ2) is 6.60. The lowest BCUT2D eigenvalue weighted by Crippen LogP contribution is -3.00. The minimum absolute atomic E-state index is 0. The number of aryl methyl sites for hydroxylation is 2. The summed E-state index contributed by atoms with van der Waals surface area (Å²) < 4.78 is 2.28. The lowest BCUT2D eigenvalue weighted by molar-refractivity contribution is -0.677. The number of fused-ring (bicyclic) bond motifs is 1. The Kier molecular flexibility index (Phi) is 5.42. The maximum Gasteiger partial charge on any atom is 0.214 e. The Labute approximate surface area is 125 Å². The zero-order valence-corrected chi connectivity index (χ0v) is 12.6. The Morgan fingerprint density at radius 2 is 2.06 bits per heavy atom. The SMILES string of the molecule is C#CCCC[n+]1c(C)cc(N)c2ccccc21.[I-]. The van der Waals surface area contributed by atoms with Crippen LogP contribution < -0.4 is 34.3 Å². The van der Waals surface area contributed by atoms with Crippen molar-refractivity contribution in [3.8, 4) is 12.3 Å². The van der Waals surface area contributed by atoms with Crippen molar-refractivity contribution in [2.24, 2.45) is 0 Å². The van der Waals surface area contributed by atoms with Crippen LogP contribution in [0.2, 0.25) is 0 Å². The normalized spacial score (nSPS) is 9.78. The monoisotopic (exact) mass is 352 g/mol. The fourth-order valence-electron chi connectivity index (χ4n) is 2.16. The number of nitrogens with two attached hydrogens (primary N) is 1. The Morgan fingerprint density at radius 3 is 2.78 bits per heavy atom. The molecule has 0 bridgehead atoms. The topological polar surface area (TPSA) is 29.9 Å². The van der Waals surface area contributed by atoms with Crippen LogP contribution in [0.1, 0.15) is 18.5 Å². The lowest BCUT2D eigenvalue weighted by atomic mass is 10.1. The van der Waals surface area contributed by atoms with E-state index in [9.17, 15) is 0 Å². The predicted octanol–water partition coefficient (Wildman–Crippen LogP) is -0.565. The van der Waals surface area contributed by atoms with Crippen molar-refractivity contribution in [2.75, 3.05) is 5.73 Å². The van der Waals surface area contributed by atoms with E-state index < -0.39 is 0 Å². The summed E-state index contributed by atoms with van der Waals surface area (Å²) in [5.74, 6) is 2.68. The van der Waals surface area contributed by atoms with Gasteiger partial charge in [0.05, 0.1) is 11.1 Å². The molecule has 0 fully saturated rings. The van der Waals surface area contributed by atoms with E-state index in [1.54, 1.807) is 0 Å². The van der Waals surface area contributed by atoms with E-state index in [1.807, 2.05) is 18.2 Å². The van der Waals surface area contributed by atoms with Crippen molar-refractivity contribution in [1.29, 1.82) is 0 Å². The fraction of sp³-hybridized carbons (Fsp3) is 0.267. The molecule has 1 heterocycles. The molecular formula is C15H17IN2. The van der Waals surface area contributed by atoms with Crippen LogP contribution in [0.4, 0.5) is 5.69 Å². The van der Waals surface area contributed by atoms with Gasteiger partial charge in [-0.05, 0) is 6.07 Å². The van der Waals surface area contributed by atoms with E-state index in [-0.39, 0.29) is 24.0 Å². The van der Waals surface area contributed by atoms with E-state index in [0.717, 1.165) is 30.5 Å². The third-order valence-electron chi connectivity index (χ3n) is 3.00. The molecule has 2 N–H and O–H groups in total. The second-order valence-electron chi connectivity index (χ2n) is 4.22. The lowest BCUT2D eigenvalue weighted by Gasteiger charge is -2.06. The summed E-state index contributed by atoms with van der Waals surface area (Å²) in [6.07, 6.45) is 7.09. The van der Waals surface area contributed by atoms with Crippen molar-refractivity contribution in [2.45, 2.75) is 26.3 Å². The molecule has 0 unspecified atom stereocenters. The van der Waals surface area contributed by atoms with E-state index in [0.29, 0.717) is 0 Å². The van der Waals surface area contributed by atoms with Gasteiger partial charge in [-0.3, -0.25) is 0 Å². The molecule has 0 spiro atoms. The number of benzene rings is 1. The second-order valence-corrected chi connectivity index (χ2v) is 4.22. The number of rotatable bonds is 3. The van der Waals surface area contributed by atoms with Gasteiger partial charge in [-0.25, -0.2) is 0 Å². The van der Waals surface area contributed by atoms with Crippen molar-refractivity contribution in [3.05, 3.63) is 36.0 Å². The summed E-state index contributed by atoms with van der Waals surface area (Å²) in [6, 6.07) is 10.2. The number of para-hydroxylation sites is 1. The Morgan fingerprint density at radius 1 is 1.33 bits per heavy atom. The summed E-state index contributed by atoms with van der Waals surface area (Å²) in [7, 11) is 0. The largest absolute Gasteiger partial charge is 1.00 e. The predicted molar refractivity (Wildman–Crippen MR) is 71.4 cm³/mol.